The number of halogens is 1. The largest absolute Gasteiger partial charge is 0.497 e. The molecule has 2 heterocycles. The molecule has 2 N–H and O–H groups in total. The van der Waals surface area contributed by atoms with E-state index in [1.54, 1.807) is 50.6 Å². The van der Waals surface area contributed by atoms with Crippen molar-refractivity contribution >= 4 is 5.91 Å². The van der Waals surface area contributed by atoms with Crippen LogP contribution in [0.2, 0.25) is 0 Å². The van der Waals surface area contributed by atoms with Gasteiger partial charge in [-0.3, -0.25) is 19.3 Å². The molecule has 0 unspecified atom stereocenters. The number of ether oxygens (including phenoxy) is 2. The Bertz CT molecular complexity index is 1360. The molecule has 1 amide bonds. The number of aromatic amines is 1. The van der Waals surface area contributed by atoms with E-state index >= 15 is 0 Å². The first kappa shape index (κ1) is 22.7. The summed E-state index contributed by atoms with van der Waals surface area (Å²) in [6, 6.07) is 14.0. The second kappa shape index (κ2) is 9.99. The van der Waals surface area contributed by atoms with E-state index in [1.165, 1.54) is 29.1 Å². The molecule has 0 bridgehead atoms. The molecular formula is C24H22FN5O4. The molecule has 0 saturated heterocycles. The van der Waals surface area contributed by atoms with Crippen LogP contribution in [0.3, 0.4) is 0 Å². The number of hydrogen-bond acceptors (Lipinski definition) is 6. The Balaban J connectivity index is 1.39. The average Bonchev–Trinajstić information content (AvgIpc) is 3.35. The topological polar surface area (TPSA) is 111 Å². The molecule has 0 aliphatic heterocycles. The van der Waals surface area contributed by atoms with E-state index in [1.807, 2.05) is 0 Å². The van der Waals surface area contributed by atoms with E-state index in [0.717, 1.165) is 0 Å². The molecule has 0 aliphatic carbocycles. The zero-order valence-corrected chi connectivity index (χ0v) is 18.5. The van der Waals surface area contributed by atoms with Gasteiger partial charge in [-0.2, -0.15) is 5.10 Å². The highest BCUT2D eigenvalue weighted by molar-refractivity contribution is 5.93. The van der Waals surface area contributed by atoms with E-state index < -0.39 is 0 Å². The maximum Gasteiger partial charge on any atom is 0.269 e. The van der Waals surface area contributed by atoms with Crippen LogP contribution in [-0.2, 0) is 6.54 Å². The lowest BCUT2D eigenvalue weighted by Crippen LogP contribution is -2.31. The number of carbonyl (C=O) groups excluding carboxylic acids is 1. The third-order valence-electron chi connectivity index (χ3n) is 5.16. The number of aromatic nitrogens is 4. The van der Waals surface area contributed by atoms with Gasteiger partial charge < -0.3 is 14.8 Å². The van der Waals surface area contributed by atoms with Crippen LogP contribution in [0.1, 0.15) is 10.5 Å². The van der Waals surface area contributed by atoms with Gasteiger partial charge in [0.2, 0.25) is 0 Å². The van der Waals surface area contributed by atoms with Crippen LogP contribution in [0.5, 0.6) is 11.5 Å². The molecule has 2 aromatic heterocycles. The van der Waals surface area contributed by atoms with Crippen LogP contribution in [0.15, 0.2) is 65.7 Å². The van der Waals surface area contributed by atoms with Gasteiger partial charge in [0.05, 0.1) is 31.9 Å². The van der Waals surface area contributed by atoms with Crippen molar-refractivity contribution in [3.63, 3.8) is 0 Å². The fourth-order valence-corrected chi connectivity index (χ4v) is 3.35. The number of benzene rings is 2. The fraction of sp³-hybridized carbons (Fsp3) is 0.167. The fourth-order valence-electron chi connectivity index (χ4n) is 3.35. The van der Waals surface area contributed by atoms with E-state index in [4.69, 9.17) is 9.47 Å². The molecule has 4 aromatic rings. The molecule has 0 radical (unpaired) electrons. The Morgan fingerprint density at radius 2 is 1.85 bits per heavy atom. The third kappa shape index (κ3) is 4.96. The summed E-state index contributed by atoms with van der Waals surface area (Å²) in [6.07, 6.45) is 1.40. The van der Waals surface area contributed by atoms with Gasteiger partial charge in [0, 0.05) is 30.3 Å². The Morgan fingerprint density at radius 3 is 2.56 bits per heavy atom. The van der Waals surface area contributed by atoms with Crippen LogP contribution in [0, 0.1) is 5.82 Å². The van der Waals surface area contributed by atoms with Crippen LogP contribution < -0.4 is 20.3 Å². The van der Waals surface area contributed by atoms with Crippen molar-refractivity contribution in [3.8, 4) is 34.0 Å². The number of hydrogen-bond donors (Lipinski definition) is 2. The van der Waals surface area contributed by atoms with Crippen molar-refractivity contribution in [2.45, 2.75) is 6.54 Å². The molecule has 2 aromatic carbocycles. The molecule has 0 fully saturated rings. The van der Waals surface area contributed by atoms with Crippen molar-refractivity contribution in [2.75, 3.05) is 20.8 Å². The summed E-state index contributed by atoms with van der Waals surface area (Å²) < 4.78 is 25.1. The number of rotatable bonds is 8. The Kier molecular flexibility index (Phi) is 6.67. The summed E-state index contributed by atoms with van der Waals surface area (Å²) in [7, 11) is 3.11. The summed E-state index contributed by atoms with van der Waals surface area (Å²) >= 11 is 0. The van der Waals surface area contributed by atoms with Crippen molar-refractivity contribution < 1.29 is 18.7 Å². The highest BCUT2D eigenvalue weighted by Crippen LogP contribution is 2.32. The standard InChI is InChI=1S/C24H22FN5O4/c1-33-17-7-8-22(34-2)18(11-17)20-12-21(29-28-20)24(32)26-9-10-30-14-27-19(13-23(30)31)15-3-5-16(25)6-4-15/h3-8,11-14H,9-10H2,1-2H3,(H,26,32)(H,28,29). The van der Waals surface area contributed by atoms with Crippen LogP contribution in [-0.4, -0.2) is 46.4 Å². The minimum atomic E-state index is -0.371. The quantitative estimate of drug-likeness (QED) is 0.416. The summed E-state index contributed by atoms with van der Waals surface area (Å²) in [5.74, 6) is 0.494. The van der Waals surface area contributed by atoms with Crippen molar-refractivity contribution in [1.29, 1.82) is 0 Å². The van der Waals surface area contributed by atoms with Crippen molar-refractivity contribution in [1.82, 2.24) is 25.1 Å². The Labute approximate surface area is 194 Å². The zero-order valence-electron chi connectivity index (χ0n) is 18.5. The molecule has 9 nitrogen and oxygen atoms in total. The first-order valence-corrected chi connectivity index (χ1v) is 10.4. The van der Waals surface area contributed by atoms with Crippen LogP contribution in [0.25, 0.3) is 22.5 Å². The number of H-pyrrole nitrogens is 1. The molecule has 0 spiro atoms. The number of methoxy groups -OCH3 is 2. The second-order valence-electron chi connectivity index (χ2n) is 7.30. The predicted molar refractivity (Wildman–Crippen MR) is 123 cm³/mol. The summed E-state index contributed by atoms with van der Waals surface area (Å²) in [6.45, 7) is 0.430. The monoisotopic (exact) mass is 463 g/mol. The first-order chi connectivity index (χ1) is 16.5. The summed E-state index contributed by atoms with van der Waals surface area (Å²) in [5.41, 5.74) is 2.27. The lowest BCUT2D eigenvalue weighted by Gasteiger charge is -2.08. The number of amides is 1. The van der Waals surface area contributed by atoms with Gasteiger partial charge in [0.25, 0.3) is 11.5 Å². The van der Waals surface area contributed by atoms with Crippen LogP contribution >= 0.6 is 0 Å². The molecule has 0 atom stereocenters. The van der Waals surface area contributed by atoms with Crippen molar-refractivity contribution in [3.05, 3.63) is 82.8 Å². The predicted octanol–water partition coefficient (Wildman–Crippen LogP) is 2.89. The molecule has 10 heteroatoms. The maximum absolute atomic E-state index is 13.1. The lowest BCUT2D eigenvalue weighted by atomic mass is 10.1. The highest BCUT2D eigenvalue weighted by atomic mass is 19.1. The number of nitrogens with zero attached hydrogens (tertiary/aromatic N) is 3. The third-order valence-corrected chi connectivity index (χ3v) is 5.16. The van der Waals surface area contributed by atoms with Gasteiger partial charge >= 0.3 is 0 Å². The normalized spacial score (nSPS) is 10.7. The Morgan fingerprint density at radius 1 is 1.06 bits per heavy atom. The van der Waals surface area contributed by atoms with Gasteiger partial charge in [-0.15, -0.1) is 0 Å². The zero-order chi connectivity index (χ0) is 24.1. The molecule has 0 saturated carbocycles. The van der Waals surface area contributed by atoms with Gasteiger partial charge in [0.15, 0.2) is 0 Å². The maximum atomic E-state index is 13.1. The van der Waals surface area contributed by atoms with Gasteiger partial charge in [0.1, 0.15) is 23.0 Å². The molecule has 4 rings (SSSR count). The van der Waals surface area contributed by atoms with E-state index in [9.17, 15) is 14.0 Å². The SMILES string of the molecule is COc1ccc(OC)c(-c2cc(C(=O)NCCn3cnc(-c4ccc(F)cc4)cc3=O)[nH]n2)c1. The minimum absolute atomic E-state index is 0.202. The molecule has 174 valence electrons. The van der Waals surface area contributed by atoms with Gasteiger partial charge in [-0.1, -0.05) is 0 Å². The summed E-state index contributed by atoms with van der Waals surface area (Å²) in [4.78, 5) is 29.2. The van der Waals surface area contributed by atoms with Gasteiger partial charge in [-0.25, -0.2) is 9.37 Å². The Hall–Kier alpha value is -4.47. The van der Waals surface area contributed by atoms with E-state index in [0.29, 0.717) is 34.0 Å². The van der Waals surface area contributed by atoms with E-state index in [-0.39, 0.29) is 36.1 Å². The van der Waals surface area contributed by atoms with Gasteiger partial charge in [-0.05, 0) is 48.5 Å². The van der Waals surface area contributed by atoms with Crippen LogP contribution in [0.4, 0.5) is 4.39 Å². The minimum Gasteiger partial charge on any atom is -0.497 e. The molecule has 0 aliphatic rings. The lowest BCUT2D eigenvalue weighted by molar-refractivity contribution is 0.0947. The smallest absolute Gasteiger partial charge is 0.269 e. The first-order valence-electron chi connectivity index (χ1n) is 10.4. The van der Waals surface area contributed by atoms with E-state index in [2.05, 4.69) is 20.5 Å². The number of carbonyl (C=O) groups is 1. The molecule has 34 heavy (non-hydrogen) atoms. The average molecular weight is 463 g/mol. The van der Waals surface area contributed by atoms with Crippen molar-refractivity contribution in [2.24, 2.45) is 0 Å². The second-order valence-corrected chi connectivity index (χ2v) is 7.30. The highest BCUT2D eigenvalue weighted by Gasteiger charge is 2.15. The number of nitrogens with one attached hydrogen (secondary N) is 2. The molecular weight excluding hydrogens is 441 g/mol. The summed E-state index contributed by atoms with van der Waals surface area (Å²) in [5, 5.41) is 9.67.